The minimum Gasteiger partial charge on any atom is -0.377 e. The van der Waals surface area contributed by atoms with Crippen molar-refractivity contribution in [3.63, 3.8) is 0 Å². The average Bonchev–Trinajstić information content (AvgIpc) is 2.53. The summed E-state index contributed by atoms with van der Waals surface area (Å²) in [5.41, 5.74) is 1.29. The number of nitrogens with one attached hydrogen (secondary N) is 1. The molecule has 0 saturated heterocycles. The average molecular weight is 199 g/mol. The van der Waals surface area contributed by atoms with Gasteiger partial charge in [0.1, 0.15) is 17.6 Å². The SMILES string of the molecule is COCc1nc(Cl)c2n[nH]cc2n1. The number of aromatic amines is 1. The van der Waals surface area contributed by atoms with Crippen molar-refractivity contribution in [1.29, 1.82) is 0 Å². The summed E-state index contributed by atoms with van der Waals surface area (Å²) >= 11 is 5.85. The second kappa shape index (κ2) is 3.27. The second-order valence-electron chi connectivity index (χ2n) is 2.48. The van der Waals surface area contributed by atoms with E-state index in [4.69, 9.17) is 16.3 Å². The zero-order valence-corrected chi connectivity index (χ0v) is 7.67. The topological polar surface area (TPSA) is 63.7 Å². The largest absolute Gasteiger partial charge is 0.377 e. The van der Waals surface area contributed by atoms with Gasteiger partial charge in [0, 0.05) is 13.3 Å². The number of H-pyrrole nitrogens is 1. The van der Waals surface area contributed by atoms with Crippen LogP contribution in [0.1, 0.15) is 5.82 Å². The Morgan fingerprint density at radius 1 is 1.54 bits per heavy atom. The lowest BCUT2D eigenvalue weighted by molar-refractivity contribution is 0.178. The predicted octanol–water partition coefficient (Wildman–Crippen LogP) is 1.15. The van der Waals surface area contributed by atoms with Gasteiger partial charge in [-0.05, 0) is 0 Å². The summed E-state index contributed by atoms with van der Waals surface area (Å²) in [7, 11) is 1.58. The Morgan fingerprint density at radius 2 is 2.38 bits per heavy atom. The standard InChI is InChI=1S/C7H7ClN4O/c1-13-3-5-10-4-2-9-12-6(4)7(8)11-5/h2H,3H2,1H3,(H,9,12). The Labute approximate surface area is 79.1 Å². The summed E-state index contributed by atoms with van der Waals surface area (Å²) in [6.07, 6.45) is 1.67. The molecule has 0 amide bonds. The fourth-order valence-electron chi connectivity index (χ4n) is 1.04. The quantitative estimate of drug-likeness (QED) is 0.736. The lowest BCUT2D eigenvalue weighted by atomic mass is 10.4. The second-order valence-corrected chi connectivity index (χ2v) is 2.84. The van der Waals surface area contributed by atoms with Gasteiger partial charge in [-0.25, -0.2) is 9.97 Å². The molecule has 0 aliphatic heterocycles. The fourth-order valence-corrected chi connectivity index (χ4v) is 1.28. The third-order valence-corrected chi connectivity index (χ3v) is 1.83. The van der Waals surface area contributed by atoms with E-state index in [0.717, 1.165) is 0 Å². The lowest BCUT2D eigenvalue weighted by Gasteiger charge is -1.98. The van der Waals surface area contributed by atoms with Gasteiger partial charge in [-0.2, -0.15) is 5.10 Å². The van der Waals surface area contributed by atoms with E-state index in [2.05, 4.69) is 20.2 Å². The first-order chi connectivity index (χ1) is 6.31. The van der Waals surface area contributed by atoms with E-state index in [0.29, 0.717) is 28.6 Å². The van der Waals surface area contributed by atoms with Crippen molar-refractivity contribution >= 4 is 22.6 Å². The normalized spacial score (nSPS) is 10.9. The number of hydrogen-bond donors (Lipinski definition) is 1. The molecule has 0 spiro atoms. The summed E-state index contributed by atoms with van der Waals surface area (Å²) < 4.78 is 4.89. The van der Waals surface area contributed by atoms with Crippen LogP contribution in [0.4, 0.5) is 0 Å². The molecule has 2 aromatic heterocycles. The lowest BCUT2D eigenvalue weighted by Crippen LogP contribution is -1.97. The van der Waals surface area contributed by atoms with Gasteiger partial charge < -0.3 is 4.74 Å². The van der Waals surface area contributed by atoms with Crippen molar-refractivity contribution in [2.45, 2.75) is 6.61 Å². The van der Waals surface area contributed by atoms with Gasteiger partial charge in [0.25, 0.3) is 0 Å². The predicted molar refractivity (Wildman–Crippen MR) is 47.4 cm³/mol. The van der Waals surface area contributed by atoms with Crippen LogP contribution < -0.4 is 0 Å². The minimum absolute atomic E-state index is 0.346. The molecule has 0 aliphatic carbocycles. The zero-order chi connectivity index (χ0) is 9.26. The number of aromatic nitrogens is 4. The van der Waals surface area contributed by atoms with Crippen molar-refractivity contribution in [3.8, 4) is 0 Å². The number of halogens is 1. The number of hydrogen-bond acceptors (Lipinski definition) is 4. The van der Waals surface area contributed by atoms with Crippen LogP contribution >= 0.6 is 11.6 Å². The summed E-state index contributed by atoms with van der Waals surface area (Å²) in [4.78, 5) is 8.18. The molecular weight excluding hydrogens is 192 g/mol. The first kappa shape index (κ1) is 8.40. The maximum atomic E-state index is 5.85. The molecule has 2 rings (SSSR count). The van der Waals surface area contributed by atoms with E-state index in [1.165, 1.54) is 0 Å². The van der Waals surface area contributed by atoms with Crippen LogP contribution in [0.2, 0.25) is 5.15 Å². The number of ether oxygens (including phenoxy) is 1. The molecular formula is C7H7ClN4O. The molecule has 2 aromatic rings. The molecule has 1 N–H and O–H groups in total. The highest BCUT2D eigenvalue weighted by molar-refractivity contribution is 6.33. The molecule has 0 fully saturated rings. The molecule has 0 bridgehead atoms. The minimum atomic E-state index is 0.346. The summed E-state index contributed by atoms with van der Waals surface area (Å²) in [6.45, 7) is 0.348. The zero-order valence-electron chi connectivity index (χ0n) is 6.91. The van der Waals surface area contributed by atoms with E-state index in [1.54, 1.807) is 13.3 Å². The van der Waals surface area contributed by atoms with Crippen LogP contribution in [0.15, 0.2) is 6.20 Å². The highest BCUT2D eigenvalue weighted by Gasteiger charge is 2.07. The van der Waals surface area contributed by atoms with E-state index < -0.39 is 0 Å². The number of fused-ring (bicyclic) bond motifs is 1. The monoisotopic (exact) mass is 198 g/mol. The molecule has 0 atom stereocenters. The number of methoxy groups -OCH3 is 1. The highest BCUT2D eigenvalue weighted by Crippen LogP contribution is 2.16. The van der Waals surface area contributed by atoms with Crippen molar-refractivity contribution in [2.24, 2.45) is 0 Å². The van der Waals surface area contributed by atoms with Crippen molar-refractivity contribution < 1.29 is 4.74 Å². The Kier molecular flexibility index (Phi) is 2.12. The van der Waals surface area contributed by atoms with Gasteiger partial charge in [0.15, 0.2) is 11.0 Å². The van der Waals surface area contributed by atoms with Gasteiger partial charge in [0.2, 0.25) is 0 Å². The van der Waals surface area contributed by atoms with E-state index in [1.807, 2.05) is 0 Å². The summed E-state index contributed by atoms with van der Waals surface area (Å²) in [5.74, 6) is 0.557. The van der Waals surface area contributed by atoms with Gasteiger partial charge in [-0.15, -0.1) is 0 Å². The number of nitrogens with zero attached hydrogens (tertiary/aromatic N) is 3. The maximum absolute atomic E-state index is 5.85. The third-order valence-electron chi connectivity index (χ3n) is 1.57. The highest BCUT2D eigenvalue weighted by atomic mass is 35.5. The fraction of sp³-hybridized carbons (Fsp3) is 0.286. The van der Waals surface area contributed by atoms with Crippen molar-refractivity contribution in [2.75, 3.05) is 7.11 Å². The molecule has 0 saturated carbocycles. The molecule has 13 heavy (non-hydrogen) atoms. The van der Waals surface area contributed by atoms with Gasteiger partial charge in [-0.1, -0.05) is 11.6 Å². The third kappa shape index (κ3) is 1.48. The van der Waals surface area contributed by atoms with Crippen molar-refractivity contribution in [3.05, 3.63) is 17.2 Å². The molecule has 0 aliphatic rings. The van der Waals surface area contributed by atoms with Crippen LogP contribution in [0.5, 0.6) is 0 Å². The molecule has 5 nitrogen and oxygen atoms in total. The molecule has 68 valence electrons. The van der Waals surface area contributed by atoms with Gasteiger partial charge in [-0.3, -0.25) is 5.10 Å². The Hall–Kier alpha value is -1.20. The van der Waals surface area contributed by atoms with Crippen LogP contribution in [-0.4, -0.2) is 27.3 Å². The van der Waals surface area contributed by atoms with Crippen molar-refractivity contribution in [1.82, 2.24) is 20.2 Å². The summed E-state index contributed by atoms with van der Waals surface area (Å²) in [6, 6.07) is 0. The van der Waals surface area contributed by atoms with E-state index in [9.17, 15) is 0 Å². The van der Waals surface area contributed by atoms with Gasteiger partial charge >= 0.3 is 0 Å². The van der Waals surface area contributed by atoms with E-state index in [-0.39, 0.29) is 0 Å². The smallest absolute Gasteiger partial charge is 0.161 e. The van der Waals surface area contributed by atoms with Gasteiger partial charge in [0.05, 0.1) is 0 Å². The molecule has 0 aromatic carbocycles. The first-order valence-electron chi connectivity index (χ1n) is 3.66. The first-order valence-corrected chi connectivity index (χ1v) is 4.04. The van der Waals surface area contributed by atoms with Crippen LogP contribution in [0.25, 0.3) is 11.0 Å². The van der Waals surface area contributed by atoms with Crippen LogP contribution in [0, 0.1) is 0 Å². The molecule has 0 unspecified atom stereocenters. The summed E-state index contributed by atoms with van der Waals surface area (Å²) in [5, 5.41) is 6.91. The molecule has 0 radical (unpaired) electrons. The molecule has 2 heterocycles. The Balaban J connectivity index is 2.56. The molecule has 6 heteroatoms. The maximum Gasteiger partial charge on any atom is 0.161 e. The van der Waals surface area contributed by atoms with E-state index >= 15 is 0 Å². The Bertz CT molecular complexity index is 427. The van der Waals surface area contributed by atoms with Crippen LogP contribution in [0.3, 0.4) is 0 Å². The number of rotatable bonds is 2. The Morgan fingerprint density at radius 3 is 3.15 bits per heavy atom. The van der Waals surface area contributed by atoms with Crippen LogP contribution in [-0.2, 0) is 11.3 Å².